The number of hydrogen-bond donors (Lipinski definition) is 0. The maximum Gasteiger partial charge on any atom is 0.254 e. The molecule has 2 amide bonds. The van der Waals surface area contributed by atoms with Gasteiger partial charge in [-0.15, -0.1) is 0 Å². The smallest absolute Gasteiger partial charge is 0.254 e. The molecule has 5 rings (SSSR count). The van der Waals surface area contributed by atoms with Gasteiger partial charge in [-0.25, -0.2) is 0 Å². The molecule has 0 aromatic heterocycles. The largest absolute Gasteiger partial charge is 0.338 e. The van der Waals surface area contributed by atoms with Gasteiger partial charge in [-0.1, -0.05) is 36.4 Å². The van der Waals surface area contributed by atoms with Crippen LogP contribution in [0.4, 0.5) is 0 Å². The van der Waals surface area contributed by atoms with E-state index in [1.807, 2.05) is 29.2 Å². The molecule has 3 aliphatic rings. The molecule has 0 spiro atoms. The van der Waals surface area contributed by atoms with E-state index in [0.29, 0.717) is 19.0 Å². The van der Waals surface area contributed by atoms with Crippen LogP contribution in [0.1, 0.15) is 71.6 Å². The zero-order chi connectivity index (χ0) is 19.8. The van der Waals surface area contributed by atoms with Crippen LogP contribution in [0.15, 0.2) is 48.5 Å². The third-order valence-electron chi connectivity index (χ3n) is 6.57. The summed E-state index contributed by atoms with van der Waals surface area (Å²) in [7, 11) is 0. The van der Waals surface area contributed by atoms with Crippen molar-refractivity contribution in [2.45, 2.75) is 63.6 Å². The number of hydrogen-bond acceptors (Lipinski definition) is 2. The number of benzene rings is 2. The van der Waals surface area contributed by atoms with Crippen LogP contribution in [0.2, 0.25) is 0 Å². The number of rotatable bonds is 5. The standard InChI is InChI=1S/C25H28N2O2/c28-24-12-5-15-26(24)17-18-6-3-9-20(16-18)25(29)27(21-13-14-21)23-11-4-8-19-7-1-2-10-22(19)23/h1-3,6-7,9-10,16,21,23H,4-5,8,11-15,17H2. The number of amides is 2. The summed E-state index contributed by atoms with van der Waals surface area (Å²) in [6.45, 7) is 1.43. The van der Waals surface area contributed by atoms with Crippen LogP contribution in [0.5, 0.6) is 0 Å². The predicted octanol–water partition coefficient (Wildman–Crippen LogP) is 4.49. The van der Waals surface area contributed by atoms with E-state index in [1.54, 1.807) is 0 Å². The van der Waals surface area contributed by atoms with E-state index in [0.717, 1.165) is 56.2 Å². The summed E-state index contributed by atoms with van der Waals surface area (Å²) < 4.78 is 0. The fraction of sp³-hybridized carbons (Fsp3) is 0.440. The van der Waals surface area contributed by atoms with Crippen molar-refractivity contribution < 1.29 is 9.59 Å². The summed E-state index contributed by atoms with van der Waals surface area (Å²) in [5, 5.41) is 0. The molecular formula is C25H28N2O2. The van der Waals surface area contributed by atoms with E-state index < -0.39 is 0 Å². The average molecular weight is 389 g/mol. The second-order valence-corrected chi connectivity index (χ2v) is 8.67. The zero-order valence-electron chi connectivity index (χ0n) is 16.8. The van der Waals surface area contributed by atoms with E-state index in [1.165, 1.54) is 11.1 Å². The molecule has 1 unspecified atom stereocenters. The van der Waals surface area contributed by atoms with Crippen molar-refractivity contribution in [3.05, 3.63) is 70.8 Å². The number of carbonyl (C=O) groups is 2. The molecule has 0 N–H and O–H groups in total. The molecule has 0 bridgehead atoms. The Balaban J connectivity index is 1.41. The lowest BCUT2D eigenvalue weighted by Crippen LogP contribution is -2.38. The number of likely N-dealkylation sites (tertiary alicyclic amines) is 1. The molecule has 4 heteroatoms. The van der Waals surface area contributed by atoms with Crippen molar-refractivity contribution in [2.24, 2.45) is 0 Å². The van der Waals surface area contributed by atoms with Crippen LogP contribution in [0.3, 0.4) is 0 Å². The van der Waals surface area contributed by atoms with Crippen LogP contribution < -0.4 is 0 Å². The molecule has 1 atom stereocenters. The highest BCUT2D eigenvalue weighted by atomic mass is 16.2. The molecule has 0 radical (unpaired) electrons. The highest BCUT2D eigenvalue weighted by Crippen LogP contribution is 2.41. The molecule has 1 aliphatic heterocycles. The fourth-order valence-electron chi connectivity index (χ4n) is 4.98. The monoisotopic (exact) mass is 388 g/mol. The number of aryl methyl sites for hydroxylation is 1. The highest BCUT2D eigenvalue weighted by Gasteiger charge is 2.39. The van der Waals surface area contributed by atoms with Gasteiger partial charge < -0.3 is 9.80 Å². The van der Waals surface area contributed by atoms with Crippen molar-refractivity contribution in [3.63, 3.8) is 0 Å². The fourth-order valence-corrected chi connectivity index (χ4v) is 4.98. The highest BCUT2D eigenvalue weighted by molar-refractivity contribution is 5.95. The minimum absolute atomic E-state index is 0.142. The van der Waals surface area contributed by atoms with Gasteiger partial charge in [0.15, 0.2) is 0 Å². The lowest BCUT2D eigenvalue weighted by atomic mass is 9.86. The van der Waals surface area contributed by atoms with Gasteiger partial charge in [-0.05, 0) is 67.3 Å². The third kappa shape index (κ3) is 3.68. The van der Waals surface area contributed by atoms with Crippen molar-refractivity contribution >= 4 is 11.8 Å². The Morgan fingerprint density at radius 3 is 2.66 bits per heavy atom. The average Bonchev–Trinajstić information content (AvgIpc) is 3.51. The summed E-state index contributed by atoms with van der Waals surface area (Å²) in [4.78, 5) is 29.7. The van der Waals surface area contributed by atoms with E-state index in [-0.39, 0.29) is 17.9 Å². The molecule has 1 heterocycles. The first-order valence-corrected chi connectivity index (χ1v) is 11.0. The van der Waals surface area contributed by atoms with Gasteiger partial charge in [0.05, 0.1) is 6.04 Å². The lowest BCUT2D eigenvalue weighted by molar-refractivity contribution is -0.128. The Bertz CT molecular complexity index is 934. The Morgan fingerprint density at radius 2 is 1.86 bits per heavy atom. The Kier molecular flexibility index (Phi) is 4.86. The molecule has 2 aromatic rings. The summed E-state index contributed by atoms with van der Waals surface area (Å²) >= 11 is 0. The van der Waals surface area contributed by atoms with Gasteiger partial charge in [0.2, 0.25) is 5.91 Å². The normalized spacial score (nSPS) is 21.2. The maximum atomic E-state index is 13.6. The molecule has 2 aromatic carbocycles. The maximum absolute atomic E-state index is 13.6. The quantitative estimate of drug-likeness (QED) is 0.757. The van der Waals surface area contributed by atoms with E-state index in [9.17, 15) is 9.59 Å². The van der Waals surface area contributed by atoms with Gasteiger partial charge >= 0.3 is 0 Å². The summed E-state index contributed by atoms with van der Waals surface area (Å²) in [5.41, 5.74) is 4.52. The summed E-state index contributed by atoms with van der Waals surface area (Å²) in [6.07, 6.45) is 7.08. The zero-order valence-corrected chi connectivity index (χ0v) is 16.8. The van der Waals surface area contributed by atoms with Gasteiger partial charge in [-0.3, -0.25) is 9.59 Å². The van der Waals surface area contributed by atoms with E-state index in [4.69, 9.17) is 0 Å². The first-order valence-electron chi connectivity index (χ1n) is 11.0. The van der Waals surface area contributed by atoms with Crippen LogP contribution in [-0.2, 0) is 17.8 Å². The first kappa shape index (κ1) is 18.4. The van der Waals surface area contributed by atoms with Crippen LogP contribution in [0.25, 0.3) is 0 Å². The topological polar surface area (TPSA) is 40.6 Å². The van der Waals surface area contributed by atoms with Crippen LogP contribution >= 0.6 is 0 Å². The minimum atomic E-state index is 0.142. The van der Waals surface area contributed by atoms with Crippen LogP contribution in [-0.4, -0.2) is 34.2 Å². The molecular weight excluding hydrogens is 360 g/mol. The van der Waals surface area contributed by atoms with Crippen LogP contribution in [0, 0.1) is 0 Å². The third-order valence-corrected chi connectivity index (χ3v) is 6.57. The SMILES string of the molecule is O=C1CCCN1Cc1cccc(C(=O)N(C2CC2)C2CCCc3ccccc32)c1. The van der Waals surface area contributed by atoms with E-state index >= 15 is 0 Å². The molecule has 2 aliphatic carbocycles. The predicted molar refractivity (Wildman–Crippen MR) is 112 cm³/mol. The van der Waals surface area contributed by atoms with Crippen molar-refractivity contribution in [1.29, 1.82) is 0 Å². The van der Waals surface area contributed by atoms with Gasteiger partial charge in [0, 0.05) is 31.1 Å². The van der Waals surface area contributed by atoms with Gasteiger partial charge in [-0.2, -0.15) is 0 Å². The minimum Gasteiger partial charge on any atom is -0.338 e. The molecule has 2 fully saturated rings. The van der Waals surface area contributed by atoms with Crippen molar-refractivity contribution in [1.82, 2.24) is 9.80 Å². The second-order valence-electron chi connectivity index (χ2n) is 8.67. The number of carbonyl (C=O) groups excluding carboxylic acids is 2. The molecule has 150 valence electrons. The van der Waals surface area contributed by atoms with E-state index in [2.05, 4.69) is 29.2 Å². The Morgan fingerprint density at radius 1 is 1.00 bits per heavy atom. The molecule has 29 heavy (non-hydrogen) atoms. The summed E-state index contributed by atoms with van der Waals surface area (Å²) in [5.74, 6) is 0.365. The van der Waals surface area contributed by atoms with Gasteiger partial charge in [0.25, 0.3) is 5.91 Å². The van der Waals surface area contributed by atoms with Gasteiger partial charge in [0.1, 0.15) is 0 Å². The lowest BCUT2D eigenvalue weighted by Gasteiger charge is -2.36. The Labute approximate surface area is 172 Å². The second kappa shape index (κ2) is 7.66. The number of fused-ring (bicyclic) bond motifs is 1. The summed E-state index contributed by atoms with van der Waals surface area (Å²) in [6, 6.07) is 17.1. The van der Waals surface area contributed by atoms with Crippen molar-refractivity contribution in [2.75, 3.05) is 6.54 Å². The first-order chi connectivity index (χ1) is 14.2. The Hall–Kier alpha value is -2.62. The molecule has 1 saturated carbocycles. The molecule has 4 nitrogen and oxygen atoms in total. The van der Waals surface area contributed by atoms with Crippen molar-refractivity contribution in [3.8, 4) is 0 Å². The number of nitrogens with zero attached hydrogens (tertiary/aromatic N) is 2. The molecule has 1 saturated heterocycles.